The van der Waals surface area contributed by atoms with E-state index in [1.165, 1.54) is 0 Å². The van der Waals surface area contributed by atoms with Crippen LogP contribution in [-0.4, -0.2) is 36.3 Å². The van der Waals surface area contributed by atoms with Gasteiger partial charge in [0.1, 0.15) is 34.6 Å². The van der Waals surface area contributed by atoms with Crippen molar-refractivity contribution in [2.75, 3.05) is 13.2 Å². The Hall–Kier alpha value is -2.02. The molecule has 0 aliphatic carbocycles. The van der Waals surface area contributed by atoms with Crippen molar-refractivity contribution in [1.29, 1.82) is 0 Å². The standard InChI is InChI=1S/C32H49BrO6/c1-5-28(34)25(29(35)6-2)17-13-9-11-15-21-38-24-19-20-32(27(33)23-24)39-22-16-12-10-14-18-26(30(36)7-3)31(37)8-4/h19-20,23,25-26H,5-18,21-22H2,1-4H3. The summed E-state index contributed by atoms with van der Waals surface area (Å²) in [7, 11) is 0. The number of Topliss-reactive ketones (excluding diaryl/α,β-unsaturated/α-hetero) is 4. The highest BCUT2D eigenvalue weighted by molar-refractivity contribution is 9.10. The predicted octanol–water partition coefficient (Wildman–Crippen LogP) is 8.26. The van der Waals surface area contributed by atoms with Crippen molar-refractivity contribution in [3.63, 3.8) is 0 Å². The minimum atomic E-state index is -0.416. The molecule has 0 aromatic heterocycles. The van der Waals surface area contributed by atoms with Gasteiger partial charge >= 0.3 is 0 Å². The topological polar surface area (TPSA) is 86.7 Å². The Balaban J connectivity index is 2.23. The summed E-state index contributed by atoms with van der Waals surface area (Å²) in [6, 6.07) is 5.74. The maximum atomic E-state index is 12.0. The number of unbranched alkanes of at least 4 members (excludes halogenated alkanes) is 6. The fourth-order valence-corrected chi connectivity index (χ4v) is 5.13. The second kappa shape index (κ2) is 20.8. The fraction of sp³-hybridized carbons (Fsp3) is 0.688. The SMILES string of the molecule is CCC(=O)C(CCCCCCOc1ccc(OCCCCCCC(C(=O)CC)C(=O)CC)c(Br)c1)C(=O)CC. The van der Waals surface area contributed by atoms with Crippen molar-refractivity contribution >= 4 is 39.1 Å². The summed E-state index contributed by atoms with van der Waals surface area (Å²) in [6.45, 7) is 8.52. The lowest BCUT2D eigenvalue weighted by Gasteiger charge is -2.13. The molecule has 0 atom stereocenters. The number of rotatable bonds is 24. The number of carbonyl (C=O) groups excluding carboxylic acids is 4. The largest absolute Gasteiger partial charge is 0.494 e. The highest BCUT2D eigenvalue weighted by Gasteiger charge is 2.23. The number of hydrogen-bond donors (Lipinski definition) is 0. The van der Waals surface area contributed by atoms with Crippen molar-refractivity contribution < 1.29 is 28.7 Å². The Kier molecular flexibility index (Phi) is 18.7. The van der Waals surface area contributed by atoms with Crippen LogP contribution in [0.3, 0.4) is 0 Å². The molecule has 0 unspecified atom stereocenters. The second-order valence-electron chi connectivity index (χ2n) is 10.1. The zero-order chi connectivity index (χ0) is 29.0. The maximum absolute atomic E-state index is 12.0. The smallest absolute Gasteiger partial charge is 0.143 e. The van der Waals surface area contributed by atoms with Gasteiger partial charge in [0.15, 0.2) is 0 Å². The molecule has 1 aromatic carbocycles. The monoisotopic (exact) mass is 608 g/mol. The van der Waals surface area contributed by atoms with Gasteiger partial charge in [-0.25, -0.2) is 0 Å². The van der Waals surface area contributed by atoms with Gasteiger partial charge in [0.05, 0.1) is 29.5 Å². The van der Waals surface area contributed by atoms with Crippen LogP contribution in [0.4, 0.5) is 0 Å². The minimum absolute atomic E-state index is 0.0678. The summed E-state index contributed by atoms with van der Waals surface area (Å²) < 4.78 is 12.6. The van der Waals surface area contributed by atoms with Crippen molar-refractivity contribution in [1.82, 2.24) is 0 Å². The normalized spacial score (nSPS) is 11.2. The van der Waals surface area contributed by atoms with Crippen LogP contribution < -0.4 is 9.47 Å². The Labute approximate surface area is 244 Å². The van der Waals surface area contributed by atoms with E-state index in [9.17, 15) is 19.2 Å². The van der Waals surface area contributed by atoms with Gasteiger partial charge in [-0.1, -0.05) is 66.2 Å². The number of carbonyl (C=O) groups is 4. The van der Waals surface area contributed by atoms with Gasteiger partial charge in [-0.05, 0) is 59.8 Å². The molecule has 0 bridgehead atoms. The van der Waals surface area contributed by atoms with E-state index in [4.69, 9.17) is 9.47 Å². The lowest BCUT2D eigenvalue weighted by molar-refractivity contribution is -0.134. The molecule has 6 nitrogen and oxygen atoms in total. The van der Waals surface area contributed by atoms with Crippen LogP contribution in [0.15, 0.2) is 22.7 Å². The van der Waals surface area contributed by atoms with E-state index in [0.717, 1.165) is 67.3 Å². The number of ketones is 4. The number of halogens is 1. The van der Waals surface area contributed by atoms with E-state index in [2.05, 4.69) is 15.9 Å². The van der Waals surface area contributed by atoms with E-state index >= 15 is 0 Å². The van der Waals surface area contributed by atoms with E-state index < -0.39 is 11.8 Å². The molecule has 0 saturated carbocycles. The summed E-state index contributed by atoms with van der Waals surface area (Å²) in [4.78, 5) is 48.0. The van der Waals surface area contributed by atoms with Gasteiger partial charge in [0.2, 0.25) is 0 Å². The first-order chi connectivity index (χ1) is 18.8. The van der Waals surface area contributed by atoms with Crippen LogP contribution in [0.5, 0.6) is 11.5 Å². The van der Waals surface area contributed by atoms with E-state index in [-0.39, 0.29) is 23.1 Å². The average molecular weight is 610 g/mol. The van der Waals surface area contributed by atoms with Crippen molar-refractivity contribution in [2.45, 2.75) is 118 Å². The lowest BCUT2D eigenvalue weighted by atomic mass is 9.90. The molecule has 0 N–H and O–H groups in total. The molecule has 1 aromatic rings. The predicted molar refractivity (Wildman–Crippen MR) is 159 cm³/mol. The molecule has 0 heterocycles. The second-order valence-corrected chi connectivity index (χ2v) is 10.9. The van der Waals surface area contributed by atoms with Gasteiger partial charge in [-0.15, -0.1) is 0 Å². The Morgan fingerprint density at radius 2 is 1.03 bits per heavy atom. The van der Waals surface area contributed by atoms with Gasteiger partial charge in [0, 0.05) is 25.7 Å². The molecule has 1 rings (SSSR count). The van der Waals surface area contributed by atoms with Crippen molar-refractivity contribution in [3.8, 4) is 11.5 Å². The quantitative estimate of drug-likeness (QED) is 0.0867. The molecule has 0 saturated heterocycles. The Morgan fingerprint density at radius 1 is 0.615 bits per heavy atom. The van der Waals surface area contributed by atoms with E-state index in [0.29, 0.717) is 51.7 Å². The minimum Gasteiger partial charge on any atom is -0.494 e. The summed E-state index contributed by atoms with van der Waals surface area (Å²) in [6.07, 6.45) is 10.6. The zero-order valence-corrected chi connectivity index (χ0v) is 26.1. The Bertz CT molecular complexity index is 865. The van der Waals surface area contributed by atoms with Gasteiger partial charge < -0.3 is 9.47 Å². The van der Waals surface area contributed by atoms with Crippen molar-refractivity contribution in [3.05, 3.63) is 22.7 Å². The lowest BCUT2D eigenvalue weighted by Crippen LogP contribution is -2.22. The van der Waals surface area contributed by atoms with Gasteiger partial charge in [0.25, 0.3) is 0 Å². The molecule has 7 heteroatoms. The summed E-state index contributed by atoms with van der Waals surface area (Å²) in [5.41, 5.74) is 0. The number of benzene rings is 1. The molecule has 0 fully saturated rings. The van der Waals surface area contributed by atoms with Crippen LogP contribution in [0.2, 0.25) is 0 Å². The van der Waals surface area contributed by atoms with Gasteiger partial charge in [-0.2, -0.15) is 0 Å². The van der Waals surface area contributed by atoms with Crippen molar-refractivity contribution in [2.24, 2.45) is 11.8 Å². The molecular formula is C32H49BrO6. The third-order valence-corrected chi connectivity index (χ3v) is 7.77. The first-order valence-corrected chi connectivity index (χ1v) is 15.7. The van der Waals surface area contributed by atoms with Crippen LogP contribution in [0, 0.1) is 11.8 Å². The number of hydrogen-bond acceptors (Lipinski definition) is 6. The highest BCUT2D eigenvalue weighted by atomic mass is 79.9. The molecule has 0 amide bonds. The van der Waals surface area contributed by atoms with Crippen LogP contribution in [-0.2, 0) is 19.2 Å². The maximum Gasteiger partial charge on any atom is 0.143 e. The summed E-state index contributed by atoms with van der Waals surface area (Å²) in [5.74, 6) is 1.01. The number of ether oxygens (including phenoxy) is 2. The summed E-state index contributed by atoms with van der Waals surface area (Å²) >= 11 is 3.57. The zero-order valence-electron chi connectivity index (χ0n) is 24.5. The third-order valence-electron chi connectivity index (χ3n) is 7.15. The van der Waals surface area contributed by atoms with Crippen LogP contribution >= 0.6 is 15.9 Å². The molecule has 39 heavy (non-hydrogen) atoms. The van der Waals surface area contributed by atoms with Crippen LogP contribution in [0.1, 0.15) is 118 Å². The molecular weight excluding hydrogens is 560 g/mol. The average Bonchev–Trinajstić information content (AvgIpc) is 2.95. The van der Waals surface area contributed by atoms with Gasteiger partial charge in [-0.3, -0.25) is 19.2 Å². The molecule has 220 valence electrons. The van der Waals surface area contributed by atoms with E-state index in [1.54, 1.807) is 0 Å². The molecule has 0 aliphatic rings. The molecule has 0 radical (unpaired) electrons. The first kappa shape index (κ1) is 35.0. The molecule has 0 aliphatic heterocycles. The fourth-order valence-electron chi connectivity index (χ4n) is 4.66. The van der Waals surface area contributed by atoms with E-state index in [1.807, 2.05) is 45.9 Å². The molecule has 0 spiro atoms. The highest BCUT2D eigenvalue weighted by Crippen LogP contribution is 2.30. The summed E-state index contributed by atoms with van der Waals surface area (Å²) in [5, 5.41) is 0. The Morgan fingerprint density at radius 3 is 1.44 bits per heavy atom. The third kappa shape index (κ3) is 13.7. The first-order valence-electron chi connectivity index (χ1n) is 14.9. The van der Waals surface area contributed by atoms with Crippen LogP contribution in [0.25, 0.3) is 0 Å².